The molecule has 0 unspecified atom stereocenters. The Morgan fingerprint density at radius 1 is 1.16 bits per heavy atom. The van der Waals surface area contributed by atoms with Crippen LogP contribution >= 0.6 is 15.9 Å². The molecular weight excluding hydrogens is 323 g/mol. The minimum absolute atomic E-state index is 0.348. The third-order valence-electron chi connectivity index (χ3n) is 2.39. The lowest BCUT2D eigenvalue weighted by Gasteiger charge is -2.12. The van der Waals surface area contributed by atoms with Crippen LogP contribution in [0, 0.1) is 0 Å². The van der Waals surface area contributed by atoms with Crippen molar-refractivity contribution in [3.63, 3.8) is 0 Å². The number of anilines is 1. The van der Waals surface area contributed by atoms with Crippen molar-refractivity contribution in [3.8, 4) is 0 Å². The van der Waals surface area contributed by atoms with E-state index in [-0.39, 0.29) is 0 Å². The minimum atomic E-state index is -4.35. The van der Waals surface area contributed by atoms with E-state index in [0.29, 0.717) is 16.7 Å². The van der Waals surface area contributed by atoms with Gasteiger partial charge >= 0.3 is 6.18 Å². The number of nitrogens with zero attached hydrogens (tertiary/aromatic N) is 2. The number of nitrogens with one attached hydrogen (secondary N) is 1. The van der Waals surface area contributed by atoms with Crippen LogP contribution in [0.1, 0.15) is 11.1 Å². The molecule has 0 saturated carbocycles. The highest BCUT2D eigenvalue weighted by molar-refractivity contribution is 9.10. The Bertz CT molecular complexity index is 558. The second-order valence-electron chi connectivity index (χ2n) is 3.79. The van der Waals surface area contributed by atoms with Gasteiger partial charge in [0.15, 0.2) is 0 Å². The lowest BCUT2D eigenvalue weighted by molar-refractivity contribution is -0.137. The van der Waals surface area contributed by atoms with E-state index < -0.39 is 11.7 Å². The Morgan fingerprint density at radius 2 is 1.84 bits per heavy atom. The van der Waals surface area contributed by atoms with Crippen LogP contribution in [0.4, 0.5) is 18.9 Å². The van der Waals surface area contributed by atoms with Crippen LogP contribution in [0.5, 0.6) is 0 Å². The maximum absolute atomic E-state index is 12.6. The highest BCUT2D eigenvalue weighted by atomic mass is 79.9. The summed E-state index contributed by atoms with van der Waals surface area (Å²) in [5, 5.41) is 2.91. The molecule has 1 aromatic heterocycles. The van der Waals surface area contributed by atoms with E-state index in [2.05, 4.69) is 31.2 Å². The molecule has 100 valence electrons. The number of alkyl halides is 3. The molecule has 0 aliphatic carbocycles. The maximum Gasteiger partial charge on any atom is 0.416 e. The van der Waals surface area contributed by atoms with Crippen molar-refractivity contribution in [2.45, 2.75) is 12.7 Å². The molecule has 0 fully saturated rings. The summed E-state index contributed by atoms with van der Waals surface area (Å²) in [6.45, 7) is 0.348. The van der Waals surface area contributed by atoms with Crippen LogP contribution in [-0.2, 0) is 12.7 Å². The van der Waals surface area contributed by atoms with E-state index in [0.717, 1.165) is 17.7 Å². The average Bonchev–Trinajstić information content (AvgIpc) is 2.37. The molecule has 7 heteroatoms. The largest absolute Gasteiger partial charge is 0.416 e. The summed E-state index contributed by atoms with van der Waals surface area (Å²) in [5.74, 6) is 0. The fourth-order valence-electron chi connectivity index (χ4n) is 1.46. The number of aromatic nitrogens is 2. The molecule has 0 aliphatic heterocycles. The first-order valence-corrected chi connectivity index (χ1v) is 6.10. The molecule has 1 heterocycles. The van der Waals surface area contributed by atoms with Crippen molar-refractivity contribution in [1.82, 2.24) is 9.97 Å². The van der Waals surface area contributed by atoms with Gasteiger partial charge in [-0.2, -0.15) is 13.2 Å². The van der Waals surface area contributed by atoms with Gasteiger partial charge in [0, 0.05) is 34.7 Å². The van der Waals surface area contributed by atoms with Gasteiger partial charge in [0.1, 0.15) is 6.33 Å². The Hall–Kier alpha value is -1.63. The number of hydrogen-bond donors (Lipinski definition) is 1. The monoisotopic (exact) mass is 331 g/mol. The Labute approximate surface area is 116 Å². The van der Waals surface area contributed by atoms with Gasteiger partial charge in [0.05, 0.1) is 5.56 Å². The summed E-state index contributed by atoms with van der Waals surface area (Å²) in [7, 11) is 0. The highest BCUT2D eigenvalue weighted by Crippen LogP contribution is 2.34. The number of benzene rings is 1. The Morgan fingerprint density at radius 3 is 2.47 bits per heavy atom. The Balaban J connectivity index is 2.16. The van der Waals surface area contributed by atoms with Gasteiger partial charge in [-0.15, -0.1) is 0 Å². The van der Waals surface area contributed by atoms with E-state index in [4.69, 9.17) is 0 Å². The van der Waals surface area contributed by atoms with Gasteiger partial charge in [-0.1, -0.05) is 0 Å². The first-order valence-electron chi connectivity index (χ1n) is 5.31. The molecule has 1 aromatic carbocycles. The molecule has 0 spiro atoms. The minimum Gasteiger partial charge on any atom is -0.380 e. The van der Waals surface area contributed by atoms with Crippen LogP contribution < -0.4 is 5.32 Å². The molecule has 0 atom stereocenters. The molecule has 3 nitrogen and oxygen atoms in total. The molecule has 0 bridgehead atoms. The average molecular weight is 332 g/mol. The van der Waals surface area contributed by atoms with Gasteiger partial charge in [-0.05, 0) is 34.1 Å². The molecule has 0 radical (unpaired) electrons. The highest BCUT2D eigenvalue weighted by Gasteiger charge is 2.30. The van der Waals surface area contributed by atoms with Crippen LogP contribution in [0.3, 0.4) is 0 Å². The van der Waals surface area contributed by atoms with Gasteiger partial charge in [-0.3, -0.25) is 0 Å². The molecule has 0 saturated heterocycles. The Kier molecular flexibility index (Phi) is 4.04. The fourth-order valence-corrected chi connectivity index (χ4v) is 1.84. The smallest absolute Gasteiger partial charge is 0.380 e. The normalized spacial score (nSPS) is 11.4. The van der Waals surface area contributed by atoms with E-state index >= 15 is 0 Å². The van der Waals surface area contributed by atoms with Gasteiger partial charge < -0.3 is 5.32 Å². The van der Waals surface area contributed by atoms with Crippen LogP contribution in [0.25, 0.3) is 0 Å². The van der Waals surface area contributed by atoms with Crippen molar-refractivity contribution in [2.75, 3.05) is 5.32 Å². The second-order valence-corrected chi connectivity index (χ2v) is 4.65. The topological polar surface area (TPSA) is 37.8 Å². The lowest BCUT2D eigenvalue weighted by atomic mass is 10.2. The third kappa shape index (κ3) is 3.66. The molecule has 2 rings (SSSR count). The predicted molar refractivity (Wildman–Crippen MR) is 68.5 cm³/mol. The zero-order valence-electron chi connectivity index (χ0n) is 9.58. The summed E-state index contributed by atoms with van der Waals surface area (Å²) < 4.78 is 38.4. The second kappa shape index (κ2) is 5.56. The number of rotatable bonds is 3. The molecule has 2 aromatic rings. The number of hydrogen-bond acceptors (Lipinski definition) is 3. The van der Waals surface area contributed by atoms with Crippen LogP contribution in [0.15, 0.2) is 41.4 Å². The summed E-state index contributed by atoms with van der Waals surface area (Å²) in [4.78, 5) is 7.67. The lowest BCUT2D eigenvalue weighted by Crippen LogP contribution is -2.07. The standard InChI is InChI=1S/C12H9BrF3N3/c13-10-2-1-9(12(14,15)16)3-11(10)19-6-8-4-17-7-18-5-8/h1-5,7,19H,6H2. The van der Waals surface area contributed by atoms with Crippen molar-refractivity contribution >= 4 is 21.6 Å². The van der Waals surface area contributed by atoms with Gasteiger partial charge in [0.2, 0.25) is 0 Å². The van der Waals surface area contributed by atoms with Crippen LogP contribution in [-0.4, -0.2) is 9.97 Å². The third-order valence-corrected chi connectivity index (χ3v) is 3.08. The fraction of sp³-hybridized carbons (Fsp3) is 0.167. The van der Waals surface area contributed by atoms with Crippen molar-refractivity contribution in [2.24, 2.45) is 0 Å². The first kappa shape index (κ1) is 13.8. The summed E-state index contributed by atoms with van der Waals surface area (Å²) in [5.41, 5.74) is 0.466. The summed E-state index contributed by atoms with van der Waals surface area (Å²) in [6.07, 6.45) is 0.236. The van der Waals surface area contributed by atoms with E-state index in [1.54, 1.807) is 12.4 Å². The van der Waals surface area contributed by atoms with Crippen molar-refractivity contribution < 1.29 is 13.2 Å². The molecule has 1 N–H and O–H groups in total. The molecule has 0 aliphatic rings. The SMILES string of the molecule is FC(F)(F)c1ccc(Br)c(NCc2cncnc2)c1. The molecule has 19 heavy (non-hydrogen) atoms. The first-order chi connectivity index (χ1) is 8.97. The zero-order chi connectivity index (χ0) is 13.9. The van der Waals surface area contributed by atoms with Crippen molar-refractivity contribution in [1.29, 1.82) is 0 Å². The van der Waals surface area contributed by atoms with E-state index in [1.807, 2.05) is 0 Å². The van der Waals surface area contributed by atoms with Crippen molar-refractivity contribution in [3.05, 3.63) is 52.5 Å². The summed E-state index contributed by atoms with van der Waals surface area (Å²) in [6, 6.07) is 3.46. The zero-order valence-corrected chi connectivity index (χ0v) is 11.2. The van der Waals surface area contributed by atoms with Gasteiger partial charge in [0.25, 0.3) is 0 Å². The van der Waals surface area contributed by atoms with E-state index in [1.165, 1.54) is 12.4 Å². The summed E-state index contributed by atoms with van der Waals surface area (Å²) >= 11 is 3.21. The van der Waals surface area contributed by atoms with Gasteiger partial charge in [-0.25, -0.2) is 9.97 Å². The molecule has 0 amide bonds. The van der Waals surface area contributed by atoms with Crippen LogP contribution in [0.2, 0.25) is 0 Å². The quantitative estimate of drug-likeness (QED) is 0.927. The maximum atomic E-state index is 12.6. The van der Waals surface area contributed by atoms with E-state index in [9.17, 15) is 13.2 Å². The molecular formula is C12H9BrF3N3. The number of halogens is 4. The predicted octanol–water partition coefficient (Wildman–Crippen LogP) is 3.87.